The summed E-state index contributed by atoms with van der Waals surface area (Å²) < 4.78 is 0. The Balaban J connectivity index is 1.79. The van der Waals surface area contributed by atoms with Gasteiger partial charge in [0.25, 0.3) is 0 Å². The van der Waals surface area contributed by atoms with E-state index in [4.69, 9.17) is 11.6 Å². The standard InChI is InChI=1S/C15H18ClNO/c16-10-15(8-9-15)17-14(18)13-7-3-5-11-4-1-2-6-12(11)13/h1-2,4,6,13H,3,5,7-10H2,(H,17,18). The maximum Gasteiger partial charge on any atom is 0.228 e. The van der Waals surface area contributed by atoms with Gasteiger partial charge < -0.3 is 5.32 Å². The van der Waals surface area contributed by atoms with E-state index in [1.807, 2.05) is 6.07 Å². The largest absolute Gasteiger partial charge is 0.349 e. The molecule has 2 aliphatic carbocycles. The van der Waals surface area contributed by atoms with Crippen molar-refractivity contribution >= 4 is 17.5 Å². The lowest BCUT2D eigenvalue weighted by molar-refractivity contribution is -0.123. The smallest absolute Gasteiger partial charge is 0.228 e. The van der Waals surface area contributed by atoms with Gasteiger partial charge in [-0.1, -0.05) is 24.3 Å². The minimum atomic E-state index is -0.0922. The summed E-state index contributed by atoms with van der Waals surface area (Å²) in [5.74, 6) is 0.726. The number of amides is 1. The third kappa shape index (κ3) is 2.14. The number of aryl methyl sites for hydroxylation is 1. The zero-order valence-electron chi connectivity index (χ0n) is 10.4. The fourth-order valence-electron chi connectivity index (χ4n) is 2.82. The van der Waals surface area contributed by atoms with Crippen LogP contribution in [0.3, 0.4) is 0 Å². The quantitative estimate of drug-likeness (QED) is 0.835. The van der Waals surface area contributed by atoms with Gasteiger partial charge in [-0.3, -0.25) is 4.79 Å². The zero-order valence-corrected chi connectivity index (χ0v) is 11.2. The SMILES string of the molecule is O=C(NC1(CCl)CC1)C1CCCc2ccccc21. The molecule has 2 aliphatic rings. The van der Waals surface area contributed by atoms with Crippen molar-refractivity contribution < 1.29 is 4.79 Å². The molecule has 18 heavy (non-hydrogen) atoms. The number of rotatable bonds is 3. The Kier molecular flexibility index (Phi) is 3.06. The molecule has 0 radical (unpaired) electrons. The molecule has 1 amide bonds. The van der Waals surface area contributed by atoms with Crippen LogP contribution in [0.2, 0.25) is 0 Å². The van der Waals surface area contributed by atoms with E-state index in [2.05, 4.69) is 23.5 Å². The highest BCUT2D eigenvalue weighted by molar-refractivity contribution is 6.19. The summed E-state index contributed by atoms with van der Waals surface area (Å²) in [5.41, 5.74) is 2.46. The molecule has 1 fully saturated rings. The molecule has 0 heterocycles. The maximum absolute atomic E-state index is 12.4. The number of fused-ring (bicyclic) bond motifs is 1. The number of halogens is 1. The van der Waals surface area contributed by atoms with Gasteiger partial charge in [0.1, 0.15) is 0 Å². The third-order valence-electron chi connectivity index (χ3n) is 4.18. The van der Waals surface area contributed by atoms with E-state index in [0.717, 1.165) is 32.1 Å². The molecule has 3 heteroatoms. The second-order valence-electron chi connectivity index (χ2n) is 5.55. The van der Waals surface area contributed by atoms with Gasteiger partial charge >= 0.3 is 0 Å². The van der Waals surface area contributed by atoms with Crippen LogP contribution in [0.15, 0.2) is 24.3 Å². The summed E-state index contributed by atoms with van der Waals surface area (Å²) >= 11 is 5.92. The van der Waals surface area contributed by atoms with Gasteiger partial charge in [-0.05, 0) is 43.2 Å². The highest BCUT2D eigenvalue weighted by Gasteiger charge is 2.44. The zero-order chi connectivity index (χ0) is 12.6. The lowest BCUT2D eigenvalue weighted by atomic mass is 9.82. The molecular formula is C15H18ClNO. The Hall–Kier alpha value is -1.02. The number of alkyl halides is 1. The van der Waals surface area contributed by atoms with E-state index in [-0.39, 0.29) is 17.4 Å². The topological polar surface area (TPSA) is 29.1 Å². The van der Waals surface area contributed by atoms with Gasteiger partial charge in [-0.2, -0.15) is 0 Å². The monoisotopic (exact) mass is 263 g/mol. The minimum Gasteiger partial charge on any atom is -0.349 e. The Bertz CT molecular complexity index is 467. The van der Waals surface area contributed by atoms with Crippen molar-refractivity contribution in [3.8, 4) is 0 Å². The lowest BCUT2D eigenvalue weighted by Gasteiger charge is -2.26. The van der Waals surface area contributed by atoms with Gasteiger partial charge in [0, 0.05) is 5.88 Å². The van der Waals surface area contributed by atoms with Crippen LogP contribution in [-0.2, 0) is 11.2 Å². The van der Waals surface area contributed by atoms with E-state index in [1.165, 1.54) is 11.1 Å². The first-order valence-corrected chi connectivity index (χ1v) is 7.23. The van der Waals surface area contributed by atoms with E-state index in [0.29, 0.717) is 5.88 Å². The molecular weight excluding hydrogens is 246 g/mol. The van der Waals surface area contributed by atoms with Crippen molar-refractivity contribution in [1.82, 2.24) is 5.32 Å². The highest BCUT2D eigenvalue weighted by atomic mass is 35.5. The molecule has 0 aliphatic heterocycles. The van der Waals surface area contributed by atoms with Crippen LogP contribution in [0, 0.1) is 0 Å². The van der Waals surface area contributed by atoms with Crippen LogP contribution in [0.5, 0.6) is 0 Å². The summed E-state index contributed by atoms with van der Waals surface area (Å²) in [4.78, 5) is 12.4. The van der Waals surface area contributed by atoms with Crippen LogP contribution < -0.4 is 5.32 Å². The molecule has 96 valence electrons. The van der Waals surface area contributed by atoms with Crippen molar-refractivity contribution in [2.24, 2.45) is 0 Å². The van der Waals surface area contributed by atoms with Crippen molar-refractivity contribution in [1.29, 1.82) is 0 Å². The first-order chi connectivity index (χ1) is 8.74. The van der Waals surface area contributed by atoms with E-state index in [9.17, 15) is 4.79 Å². The van der Waals surface area contributed by atoms with E-state index >= 15 is 0 Å². The summed E-state index contributed by atoms with van der Waals surface area (Å²) in [6.45, 7) is 0. The average molecular weight is 264 g/mol. The van der Waals surface area contributed by atoms with E-state index in [1.54, 1.807) is 0 Å². The van der Waals surface area contributed by atoms with Gasteiger partial charge in [-0.25, -0.2) is 0 Å². The molecule has 0 aromatic heterocycles. The second-order valence-corrected chi connectivity index (χ2v) is 5.81. The fourth-order valence-corrected chi connectivity index (χ4v) is 3.15. The van der Waals surface area contributed by atoms with Crippen molar-refractivity contribution in [2.45, 2.75) is 43.6 Å². The summed E-state index contributed by atoms with van der Waals surface area (Å²) in [7, 11) is 0. The number of carbonyl (C=O) groups is 1. The molecule has 1 aromatic rings. The van der Waals surface area contributed by atoms with Crippen LogP contribution in [-0.4, -0.2) is 17.3 Å². The van der Waals surface area contributed by atoms with Crippen molar-refractivity contribution in [3.63, 3.8) is 0 Å². The summed E-state index contributed by atoms with van der Waals surface area (Å²) in [6, 6.07) is 8.32. The van der Waals surface area contributed by atoms with Crippen LogP contribution in [0.25, 0.3) is 0 Å². The van der Waals surface area contributed by atoms with Crippen molar-refractivity contribution in [3.05, 3.63) is 35.4 Å². The first-order valence-electron chi connectivity index (χ1n) is 6.70. The minimum absolute atomic E-state index is 0.0237. The number of carbonyl (C=O) groups excluding carboxylic acids is 1. The molecule has 0 spiro atoms. The number of nitrogens with one attached hydrogen (secondary N) is 1. The second kappa shape index (κ2) is 4.58. The Labute approximate surface area is 113 Å². The Morgan fingerprint density at radius 2 is 2.17 bits per heavy atom. The van der Waals surface area contributed by atoms with E-state index < -0.39 is 0 Å². The van der Waals surface area contributed by atoms with Gasteiger partial charge in [-0.15, -0.1) is 11.6 Å². The molecule has 1 unspecified atom stereocenters. The number of hydrogen-bond acceptors (Lipinski definition) is 1. The normalized spacial score (nSPS) is 24.2. The molecule has 3 rings (SSSR count). The Morgan fingerprint density at radius 3 is 2.89 bits per heavy atom. The number of benzene rings is 1. The lowest BCUT2D eigenvalue weighted by Crippen LogP contribution is -2.41. The molecule has 2 nitrogen and oxygen atoms in total. The first kappa shape index (κ1) is 12.0. The Morgan fingerprint density at radius 1 is 1.39 bits per heavy atom. The van der Waals surface area contributed by atoms with Crippen LogP contribution >= 0.6 is 11.6 Å². The van der Waals surface area contributed by atoms with Gasteiger partial charge in [0.15, 0.2) is 0 Å². The molecule has 1 N–H and O–H groups in total. The average Bonchev–Trinajstić information content (AvgIpc) is 3.18. The maximum atomic E-state index is 12.4. The highest BCUT2D eigenvalue weighted by Crippen LogP contribution is 2.38. The third-order valence-corrected chi connectivity index (χ3v) is 4.70. The number of hydrogen-bond donors (Lipinski definition) is 1. The summed E-state index contributed by atoms with van der Waals surface area (Å²) in [6.07, 6.45) is 5.21. The molecule has 0 saturated heterocycles. The molecule has 1 atom stereocenters. The molecule has 0 bridgehead atoms. The fraction of sp³-hybridized carbons (Fsp3) is 0.533. The predicted molar refractivity (Wildman–Crippen MR) is 72.9 cm³/mol. The van der Waals surface area contributed by atoms with Crippen LogP contribution in [0.4, 0.5) is 0 Å². The summed E-state index contributed by atoms with van der Waals surface area (Å²) in [5, 5.41) is 3.16. The molecule has 1 saturated carbocycles. The van der Waals surface area contributed by atoms with Crippen LogP contribution in [0.1, 0.15) is 42.7 Å². The molecule has 1 aromatic carbocycles. The predicted octanol–water partition coefficient (Wildman–Crippen LogP) is 2.99. The van der Waals surface area contributed by atoms with Gasteiger partial charge in [0.2, 0.25) is 5.91 Å². The van der Waals surface area contributed by atoms with Gasteiger partial charge in [0.05, 0.1) is 11.5 Å². The van der Waals surface area contributed by atoms with Crippen molar-refractivity contribution in [2.75, 3.05) is 5.88 Å².